The van der Waals surface area contributed by atoms with E-state index in [4.69, 9.17) is 4.42 Å². The first kappa shape index (κ1) is 34.7. The predicted octanol–water partition coefficient (Wildman–Crippen LogP) is 8.09. The minimum atomic E-state index is -0.533. The molecule has 0 unspecified atom stereocenters. The van der Waals surface area contributed by atoms with Crippen LogP contribution in [-0.4, -0.2) is 54.1 Å². The Balaban J connectivity index is 1.09. The minimum Gasteiger partial charge on any atom is -0.457 e. The Morgan fingerprint density at radius 1 is 0.840 bits per heavy atom. The van der Waals surface area contributed by atoms with Crippen LogP contribution in [0.3, 0.4) is 0 Å². The second-order valence-corrected chi connectivity index (χ2v) is 13.9. The summed E-state index contributed by atoms with van der Waals surface area (Å²) in [6.45, 7) is 4.03. The zero-order valence-electron chi connectivity index (χ0n) is 27.1. The topological polar surface area (TPSA) is 94.9 Å². The van der Waals surface area contributed by atoms with Crippen LogP contribution in [0.1, 0.15) is 23.0 Å². The number of para-hydroxylation sites is 1. The van der Waals surface area contributed by atoms with Gasteiger partial charge in [0.1, 0.15) is 23.0 Å². The van der Waals surface area contributed by atoms with Crippen molar-refractivity contribution < 1.29 is 23.2 Å². The molecule has 11 heteroatoms. The summed E-state index contributed by atoms with van der Waals surface area (Å²) in [5.74, 6) is -0.210. The Morgan fingerprint density at radius 2 is 1.52 bits per heavy atom. The zero-order valence-corrected chi connectivity index (χ0v) is 29.5. The van der Waals surface area contributed by atoms with Gasteiger partial charge in [-0.2, -0.15) is 0 Å². The van der Waals surface area contributed by atoms with Crippen LogP contribution in [0.25, 0.3) is 17.4 Å². The van der Waals surface area contributed by atoms with Gasteiger partial charge in [-0.15, -0.1) is 11.8 Å². The smallest absolute Gasteiger partial charge is 0.272 e. The SMILES string of the molecule is C[C@@H](Sc1ccc(NC(=O)/C(=C/c2ccc(-c3ccc(Br)cc3)o2)NC(=O)c2ccccc2)cc1)C(=O)N1CCN(c2ccccc2F)CC1. The van der Waals surface area contributed by atoms with Crippen LogP contribution in [0, 0.1) is 5.82 Å². The van der Waals surface area contributed by atoms with Gasteiger partial charge in [0.05, 0.1) is 10.9 Å². The number of benzene rings is 4. The summed E-state index contributed by atoms with van der Waals surface area (Å²) in [5, 5.41) is 5.25. The summed E-state index contributed by atoms with van der Waals surface area (Å²) < 4.78 is 21.2. The molecule has 8 nitrogen and oxygen atoms in total. The van der Waals surface area contributed by atoms with Crippen LogP contribution in [-0.2, 0) is 9.59 Å². The Hall–Kier alpha value is -5.13. The van der Waals surface area contributed by atoms with Crippen LogP contribution in [0.15, 0.2) is 135 Å². The van der Waals surface area contributed by atoms with E-state index in [1.165, 1.54) is 23.9 Å². The van der Waals surface area contributed by atoms with Crippen molar-refractivity contribution in [2.45, 2.75) is 17.1 Å². The third-order valence-electron chi connectivity index (χ3n) is 8.13. The van der Waals surface area contributed by atoms with Gasteiger partial charge in [0, 0.05) is 58.4 Å². The van der Waals surface area contributed by atoms with Crippen molar-refractivity contribution in [3.8, 4) is 11.3 Å². The fraction of sp³-hybridized carbons (Fsp3) is 0.154. The molecule has 3 amide bonds. The number of rotatable bonds is 10. The quantitative estimate of drug-likeness (QED) is 0.111. The summed E-state index contributed by atoms with van der Waals surface area (Å²) >= 11 is 4.86. The van der Waals surface area contributed by atoms with E-state index in [-0.39, 0.29) is 22.7 Å². The average molecular weight is 754 g/mol. The molecule has 6 rings (SSSR count). The highest BCUT2D eigenvalue weighted by Crippen LogP contribution is 2.28. The molecule has 1 fully saturated rings. The molecule has 0 bridgehead atoms. The highest BCUT2D eigenvalue weighted by atomic mass is 79.9. The Labute approximate surface area is 302 Å². The van der Waals surface area contributed by atoms with Gasteiger partial charge in [0.25, 0.3) is 11.8 Å². The van der Waals surface area contributed by atoms with E-state index in [9.17, 15) is 18.8 Å². The minimum absolute atomic E-state index is 0.00308. The Morgan fingerprint density at radius 3 is 2.22 bits per heavy atom. The number of nitrogens with one attached hydrogen (secondary N) is 2. The number of amides is 3. The number of hydrogen-bond acceptors (Lipinski definition) is 6. The molecular formula is C39H34BrFN4O4S. The number of nitrogens with zero attached hydrogens (tertiary/aromatic N) is 2. The van der Waals surface area contributed by atoms with Crippen molar-refractivity contribution >= 4 is 62.9 Å². The van der Waals surface area contributed by atoms with E-state index in [0.717, 1.165) is 14.9 Å². The van der Waals surface area contributed by atoms with Crippen molar-refractivity contribution in [1.82, 2.24) is 10.2 Å². The lowest BCUT2D eigenvalue weighted by Crippen LogP contribution is -2.50. The third-order valence-corrected chi connectivity index (χ3v) is 9.76. The maximum atomic E-state index is 14.2. The van der Waals surface area contributed by atoms with E-state index >= 15 is 0 Å². The van der Waals surface area contributed by atoms with E-state index in [1.807, 2.05) is 65.3 Å². The van der Waals surface area contributed by atoms with Crippen LogP contribution >= 0.6 is 27.7 Å². The number of hydrogen-bond donors (Lipinski definition) is 2. The molecule has 5 aromatic rings. The fourth-order valence-electron chi connectivity index (χ4n) is 5.49. The normalized spacial score (nSPS) is 13.9. The molecule has 0 radical (unpaired) electrons. The van der Waals surface area contributed by atoms with E-state index in [1.54, 1.807) is 60.7 Å². The fourth-order valence-corrected chi connectivity index (χ4v) is 6.70. The van der Waals surface area contributed by atoms with Gasteiger partial charge in [0.15, 0.2) is 0 Å². The monoisotopic (exact) mass is 752 g/mol. The summed E-state index contributed by atoms with van der Waals surface area (Å²) in [7, 11) is 0. The number of piperazine rings is 1. The molecular weight excluding hydrogens is 719 g/mol. The van der Waals surface area contributed by atoms with Crippen LogP contribution in [0.4, 0.5) is 15.8 Å². The highest BCUT2D eigenvalue weighted by Gasteiger charge is 2.26. The van der Waals surface area contributed by atoms with E-state index in [0.29, 0.717) is 54.6 Å². The number of carbonyl (C=O) groups is 3. The van der Waals surface area contributed by atoms with Gasteiger partial charge >= 0.3 is 0 Å². The summed E-state index contributed by atoms with van der Waals surface area (Å²) in [6, 6.07) is 33.7. The Kier molecular flexibility index (Phi) is 11.1. The second kappa shape index (κ2) is 16.1. The predicted molar refractivity (Wildman–Crippen MR) is 199 cm³/mol. The van der Waals surface area contributed by atoms with Crippen molar-refractivity contribution in [3.05, 3.63) is 143 Å². The molecule has 2 heterocycles. The number of halogens is 2. The number of carbonyl (C=O) groups excluding carboxylic acids is 3. The summed E-state index contributed by atoms with van der Waals surface area (Å²) in [4.78, 5) is 44.5. The van der Waals surface area contributed by atoms with Crippen molar-refractivity contribution in [3.63, 3.8) is 0 Å². The first-order valence-corrected chi connectivity index (χ1v) is 17.7. The van der Waals surface area contributed by atoms with Crippen molar-refractivity contribution in [2.24, 2.45) is 0 Å². The van der Waals surface area contributed by atoms with Gasteiger partial charge in [0.2, 0.25) is 5.91 Å². The number of anilines is 2. The molecule has 0 spiro atoms. The van der Waals surface area contributed by atoms with Crippen LogP contribution < -0.4 is 15.5 Å². The second-order valence-electron chi connectivity index (χ2n) is 11.6. The van der Waals surface area contributed by atoms with Gasteiger partial charge in [-0.25, -0.2) is 4.39 Å². The lowest BCUT2D eigenvalue weighted by Gasteiger charge is -2.37. The summed E-state index contributed by atoms with van der Waals surface area (Å²) in [5.41, 5.74) is 2.34. The van der Waals surface area contributed by atoms with Crippen LogP contribution in [0.2, 0.25) is 0 Å². The molecule has 1 aliphatic rings. The van der Waals surface area contributed by atoms with Crippen LogP contribution in [0.5, 0.6) is 0 Å². The Bertz CT molecular complexity index is 1990. The average Bonchev–Trinajstić information content (AvgIpc) is 3.61. The molecule has 4 aromatic carbocycles. The largest absolute Gasteiger partial charge is 0.457 e. The lowest BCUT2D eigenvalue weighted by molar-refractivity contribution is -0.130. The zero-order chi connectivity index (χ0) is 35.0. The molecule has 1 aliphatic heterocycles. The van der Waals surface area contributed by atoms with Gasteiger partial charge in [-0.05, 0) is 79.7 Å². The molecule has 0 aliphatic carbocycles. The first-order valence-electron chi connectivity index (χ1n) is 16.0. The molecule has 50 heavy (non-hydrogen) atoms. The third kappa shape index (κ3) is 8.71. The molecule has 1 atom stereocenters. The van der Waals surface area contributed by atoms with E-state index < -0.39 is 11.8 Å². The molecule has 0 saturated carbocycles. The molecule has 2 N–H and O–H groups in total. The van der Waals surface area contributed by atoms with E-state index in [2.05, 4.69) is 26.6 Å². The maximum absolute atomic E-state index is 14.2. The van der Waals surface area contributed by atoms with Gasteiger partial charge in [-0.1, -0.05) is 58.4 Å². The van der Waals surface area contributed by atoms with Gasteiger partial charge in [-0.3, -0.25) is 14.4 Å². The standard InChI is InChI=1S/C39H34BrFN4O4S/c1-26(39(48)45-23-21-44(22-24-45)35-10-6-5-9-33(35)41)50-32-18-15-30(16-19-32)42-38(47)34(43-37(46)28-7-3-2-4-8-28)25-31-17-20-36(49-31)27-11-13-29(40)14-12-27/h2-20,25-26H,21-24H2,1H3,(H,42,47)(H,43,46)/b34-25-/t26-/m1/s1. The molecule has 1 aromatic heterocycles. The van der Waals surface area contributed by atoms with Crippen molar-refractivity contribution in [2.75, 3.05) is 36.4 Å². The maximum Gasteiger partial charge on any atom is 0.272 e. The first-order chi connectivity index (χ1) is 24.2. The molecule has 1 saturated heterocycles. The lowest BCUT2D eigenvalue weighted by atomic mass is 10.2. The van der Waals surface area contributed by atoms with Crippen molar-refractivity contribution in [1.29, 1.82) is 0 Å². The number of thioether (sulfide) groups is 1. The number of furan rings is 1. The summed E-state index contributed by atoms with van der Waals surface area (Å²) in [6.07, 6.45) is 1.49. The molecule has 254 valence electrons. The van der Waals surface area contributed by atoms with Gasteiger partial charge < -0.3 is 24.9 Å². The highest BCUT2D eigenvalue weighted by molar-refractivity contribution is 9.10.